The average Bonchev–Trinajstić information content (AvgIpc) is 3.09. The van der Waals surface area contributed by atoms with E-state index in [1.807, 2.05) is 0 Å². The van der Waals surface area contributed by atoms with E-state index in [-0.39, 0.29) is 48.7 Å². The molecule has 0 aliphatic carbocycles. The number of halogens is 2. The first kappa shape index (κ1) is 22.7. The summed E-state index contributed by atoms with van der Waals surface area (Å²) in [5, 5.41) is 4.43. The van der Waals surface area contributed by atoms with Crippen LogP contribution in [-0.2, 0) is 33.4 Å². The molecule has 0 bridgehead atoms. The zero-order chi connectivity index (χ0) is 23.9. The molecule has 7 nitrogen and oxygen atoms in total. The van der Waals surface area contributed by atoms with Gasteiger partial charge in [-0.25, -0.2) is 0 Å². The first-order valence-electron chi connectivity index (χ1n) is 10.2. The Bertz CT molecular complexity index is 1190. The standard InChI is InChI=1S/C22H17B2F2N3O4/c23-15-4-2-13(8-16(15)24)22(25,26)21(33)27-9-11-1-3-14-12(7-11)10-29(20(14)32)17-5-6-18(30)28-19(17)31/h1-4,7-8,17H,5-6,9-10H2,(H,27,33)(H,28,30,31). The highest BCUT2D eigenvalue weighted by molar-refractivity contribution is 6.48. The predicted molar refractivity (Wildman–Crippen MR) is 115 cm³/mol. The fraction of sp³-hybridized carbons (Fsp3) is 0.273. The van der Waals surface area contributed by atoms with Crippen molar-refractivity contribution in [2.24, 2.45) is 0 Å². The van der Waals surface area contributed by atoms with Crippen LogP contribution in [0.15, 0.2) is 36.4 Å². The normalized spacial score (nSPS) is 18.2. The van der Waals surface area contributed by atoms with Gasteiger partial charge in [-0.2, -0.15) is 8.78 Å². The first-order valence-corrected chi connectivity index (χ1v) is 10.2. The Hall–Kier alpha value is -3.49. The van der Waals surface area contributed by atoms with Crippen LogP contribution in [0.25, 0.3) is 0 Å². The Morgan fingerprint density at radius 1 is 1.12 bits per heavy atom. The Labute approximate surface area is 190 Å². The SMILES string of the molecule is [B]c1ccc(C(F)(F)C(=O)NCc2ccc3c(c2)CN(C2CCC(=O)NC2=O)C3=O)cc1[B]. The second kappa shape index (κ2) is 8.46. The van der Waals surface area contributed by atoms with Crippen molar-refractivity contribution in [2.45, 2.75) is 37.9 Å². The number of nitrogens with zero attached hydrogens (tertiary/aromatic N) is 1. The molecule has 1 atom stereocenters. The number of carbonyl (C=O) groups excluding carboxylic acids is 4. The van der Waals surface area contributed by atoms with Crippen molar-refractivity contribution in [3.63, 3.8) is 0 Å². The van der Waals surface area contributed by atoms with E-state index in [1.54, 1.807) is 12.1 Å². The molecule has 1 saturated heterocycles. The van der Waals surface area contributed by atoms with Gasteiger partial charge in [0, 0.05) is 30.6 Å². The number of nitrogens with one attached hydrogen (secondary N) is 2. The van der Waals surface area contributed by atoms with Crippen molar-refractivity contribution in [1.29, 1.82) is 0 Å². The van der Waals surface area contributed by atoms with Gasteiger partial charge in [0.2, 0.25) is 11.8 Å². The molecule has 2 aromatic rings. The number of amides is 4. The fourth-order valence-corrected chi connectivity index (χ4v) is 3.93. The van der Waals surface area contributed by atoms with Gasteiger partial charge in [-0.05, 0) is 23.6 Å². The quantitative estimate of drug-likeness (QED) is 0.475. The summed E-state index contributed by atoms with van der Waals surface area (Å²) in [5.74, 6) is -6.57. The highest BCUT2D eigenvalue weighted by Gasteiger charge is 2.41. The third-order valence-corrected chi connectivity index (χ3v) is 5.78. The second-order valence-corrected chi connectivity index (χ2v) is 7.99. The minimum atomic E-state index is -3.82. The monoisotopic (exact) mass is 447 g/mol. The minimum Gasteiger partial charge on any atom is -0.346 e. The largest absolute Gasteiger partial charge is 0.349 e. The topological polar surface area (TPSA) is 95.6 Å². The van der Waals surface area contributed by atoms with Gasteiger partial charge < -0.3 is 10.2 Å². The van der Waals surface area contributed by atoms with E-state index in [2.05, 4.69) is 10.6 Å². The lowest BCUT2D eigenvalue weighted by Crippen LogP contribution is -2.52. The first-order chi connectivity index (χ1) is 15.6. The summed E-state index contributed by atoms with van der Waals surface area (Å²) in [6.07, 6.45) is 0.375. The summed E-state index contributed by atoms with van der Waals surface area (Å²) in [4.78, 5) is 49.8. The molecular formula is C22H17B2F2N3O4. The molecule has 11 heteroatoms. The molecule has 2 N–H and O–H groups in total. The third kappa shape index (κ3) is 4.27. The second-order valence-electron chi connectivity index (χ2n) is 7.99. The van der Waals surface area contributed by atoms with Gasteiger partial charge in [0.1, 0.15) is 21.7 Å². The van der Waals surface area contributed by atoms with Gasteiger partial charge in [0.05, 0.1) is 0 Å². The van der Waals surface area contributed by atoms with Crippen molar-refractivity contribution in [1.82, 2.24) is 15.5 Å². The van der Waals surface area contributed by atoms with Gasteiger partial charge in [0.25, 0.3) is 11.8 Å². The van der Waals surface area contributed by atoms with E-state index in [1.165, 1.54) is 17.0 Å². The van der Waals surface area contributed by atoms with Crippen LogP contribution >= 0.6 is 0 Å². The van der Waals surface area contributed by atoms with E-state index in [9.17, 15) is 28.0 Å². The van der Waals surface area contributed by atoms with E-state index in [4.69, 9.17) is 15.7 Å². The number of fused-ring (bicyclic) bond motifs is 1. The van der Waals surface area contributed by atoms with Gasteiger partial charge >= 0.3 is 5.92 Å². The van der Waals surface area contributed by atoms with E-state index in [0.717, 1.165) is 12.1 Å². The smallest absolute Gasteiger partial charge is 0.346 e. The van der Waals surface area contributed by atoms with Crippen LogP contribution in [0.3, 0.4) is 0 Å². The number of alkyl halides is 2. The molecule has 0 spiro atoms. The molecule has 2 aliphatic heterocycles. The molecule has 33 heavy (non-hydrogen) atoms. The van der Waals surface area contributed by atoms with Crippen LogP contribution < -0.4 is 21.6 Å². The van der Waals surface area contributed by atoms with Crippen molar-refractivity contribution in [2.75, 3.05) is 0 Å². The van der Waals surface area contributed by atoms with Crippen molar-refractivity contribution >= 4 is 50.2 Å². The Morgan fingerprint density at radius 3 is 2.58 bits per heavy atom. The average molecular weight is 447 g/mol. The number of carbonyl (C=O) groups is 4. The summed E-state index contributed by atoms with van der Waals surface area (Å²) in [5.41, 5.74) is 1.00. The number of hydrogen-bond donors (Lipinski definition) is 2. The van der Waals surface area contributed by atoms with Crippen molar-refractivity contribution in [3.05, 3.63) is 58.7 Å². The molecular weight excluding hydrogens is 430 g/mol. The molecule has 2 heterocycles. The highest BCUT2D eigenvalue weighted by atomic mass is 19.3. The molecule has 4 radical (unpaired) electrons. The van der Waals surface area contributed by atoms with E-state index in [0.29, 0.717) is 16.7 Å². The number of piperidine rings is 1. The van der Waals surface area contributed by atoms with Gasteiger partial charge in [-0.3, -0.25) is 24.5 Å². The van der Waals surface area contributed by atoms with E-state index >= 15 is 0 Å². The number of imide groups is 1. The summed E-state index contributed by atoms with van der Waals surface area (Å²) in [6.45, 7) is -0.0537. The lowest BCUT2D eigenvalue weighted by atomic mass is 9.79. The third-order valence-electron chi connectivity index (χ3n) is 5.78. The van der Waals surface area contributed by atoms with Crippen molar-refractivity contribution in [3.8, 4) is 0 Å². The summed E-state index contributed by atoms with van der Waals surface area (Å²) in [7, 11) is 11.1. The summed E-state index contributed by atoms with van der Waals surface area (Å²) >= 11 is 0. The maximum atomic E-state index is 14.5. The Balaban J connectivity index is 1.44. The molecule has 1 fully saturated rings. The number of hydrogen-bond acceptors (Lipinski definition) is 4. The molecule has 0 aromatic heterocycles. The van der Waals surface area contributed by atoms with Gasteiger partial charge in [-0.15, -0.1) is 10.9 Å². The zero-order valence-electron chi connectivity index (χ0n) is 17.4. The van der Waals surface area contributed by atoms with Crippen LogP contribution in [0.5, 0.6) is 0 Å². The lowest BCUT2D eigenvalue weighted by Gasteiger charge is -2.29. The van der Waals surface area contributed by atoms with Crippen LogP contribution in [0.2, 0.25) is 0 Å². The molecule has 0 saturated carbocycles. The summed E-state index contributed by atoms with van der Waals surface area (Å²) < 4.78 is 29.1. The van der Waals surface area contributed by atoms with Gasteiger partial charge in [-0.1, -0.05) is 30.3 Å². The zero-order valence-corrected chi connectivity index (χ0v) is 17.4. The van der Waals surface area contributed by atoms with Crippen LogP contribution in [0.4, 0.5) is 8.78 Å². The molecule has 1 unspecified atom stereocenters. The number of rotatable bonds is 5. The fourth-order valence-electron chi connectivity index (χ4n) is 3.93. The number of benzene rings is 2. The molecule has 164 valence electrons. The lowest BCUT2D eigenvalue weighted by molar-refractivity contribution is -0.147. The van der Waals surface area contributed by atoms with Crippen LogP contribution in [-0.4, -0.2) is 50.3 Å². The summed E-state index contributed by atoms with van der Waals surface area (Å²) in [6, 6.07) is 7.15. The maximum Gasteiger partial charge on any atom is 0.349 e. The highest BCUT2D eigenvalue weighted by Crippen LogP contribution is 2.29. The van der Waals surface area contributed by atoms with Crippen molar-refractivity contribution < 1.29 is 28.0 Å². The minimum absolute atomic E-state index is 0.0520. The Kier molecular flexibility index (Phi) is 5.82. The predicted octanol–water partition coefficient (Wildman–Crippen LogP) is -0.557. The molecule has 4 amide bonds. The molecule has 2 aromatic carbocycles. The van der Waals surface area contributed by atoms with Crippen LogP contribution in [0, 0.1) is 0 Å². The Morgan fingerprint density at radius 2 is 1.88 bits per heavy atom. The maximum absolute atomic E-state index is 14.5. The van der Waals surface area contributed by atoms with Crippen LogP contribution in [0.1, 0.15) is 39.9 Å². The molecule has 2 aliphatic rings. The van der Waals surface area contributed by atoms with E-state index < -0.39 is 29.3 Å². The molecule has 4 rings (SSSR count). The van der Waals surface area contributed by atoms with Gasteiger partial charge in [0.15, 0.2) is 0 Å².